The largest absolute Gasteiger partial charge is 0.351 e. The van der Waals surface area contributed by atoms with Crippen molar-refractivity contribution in [2.24, 2.45) is 0 Å². The van der Waals surface area contributed by atoms with Gasteiger partial charge in [0.05, 0.1) is 6.20 Å². The SMILES string of the molecule is CCCCN(c1nc(Cl)ncc1F)C(C)CC. The van der Waals surface area contributed by atoms with E-state index in [2.05, 4.69) is 30.7 Å². The second-order valence-corrected chi connectivity index (χ2v) is 4.45. The Morgan fingerprint density at radius 2 is 2.18 bits per heavy atom. The second kappa shape index (κ2) is 6.74. The van der Waals surface area contributed by atoms with Crippen molar-refractivity contribution in [3.63, 3.8) is 0 Å². The summed E-state index contributed by atoms with van der Waals surface area (Å²) in [6.45, 7) is 7.03. The summed E-state index contributed by atoms with van der Waals surface area (Å²) >= 11 is 5.73. The van der Waals surface area contributed by atoms with Crippen molar-refractivity contribution < 1.29 is 4.39 Å². The number of anilines is 1. The molecule has 1 rings (SSSR count). The smallest absolute Gasteiger partial charge is 0.224 e. The minimum Gasteiger partial charge on any atom is -0.351 e. The summed E-state index contributed by atoms with van der Waals surface area (Å²) in [4.78, 5) is 9.60. The molecule has 0 N–H and O–H groups in total. The molecule has 0 aliphatic heterocycles. The van der Waals surface area contributed by atoms with Gasteiger partial charge in [-0.15, -0.1) is 0 Å². The first kappa shape index (κ1) is 14.2. The second-order valence-electron chi connectivity index (χ2n) is 4.11. The van der Waals surface area contributed by atoms with E-state index in [9.17, 15) is 4.39 Å². The van der Waals surface area contributed by atoms with Gasteiger partial charge in [-0.2, -0.15) is 4.98 Å². The minimum atomic E-state index is -0.411. The van der Waals surface area contributed by atoms with E-state index in [1.165, 1.54) is 0 Å². The lowest BCUT2D eigenvalue weighted by atomic mass is 10.2. The maximum atomic E-state index is 13.7. The molecule has 0 saturated carbocycles. The summed E-state index contributed by atoms with van der Waals surface area (Å²) in [6, 6.07) is 0.238. The average Bonchev–Trinajstić information content (AvgIpc) is 2.33. The van der Waals surface area contributed by atoms with Gasteiger partial charge in [0.25, 0.3) is 0 Å². The van der Waals surface area contributed by atoms with E-state index in [1.54, 1.807) is 0 Å². The molecule has 1 heterocycles. The molecule has 0 fully saturated rings. The van der Waals surface area contributed by atoms with E-state index in [4.69, 9.17) is 11.6 Å². The topological polar surface area (TPSA) is 29.0 Å². The van der Waals surface area contributed by atoms with Crippen LogP contribution in [0.4, 0.5) is 10.2 Å². The van der Waals surface area contributed by atoms with Crippen molar-refractivity contribution in [3.05, 3.63) is 17.3 Å². The predicted molar refractivity (Wildman–Crippen MR) is 69.0 cm³/mol. The predicted octanol–water partition coefficient (Wildman–Crippen LogP) is 3.67. The molecule has 17 heavy (non-hydrogen) atoms. The Bertz CT molecular complexity index is 360. The number of halogens is 2. The van der Waals surface area contributed by atoms with Crippen LogP contribution in [0.2, 0.25) is 5.28 Å². The fourth-order valence-electron chi connectivity index (χ4n) is 1.62. The first-order valence-corrected chi connectivity index (χ1v) is 6.42. The van der Waals surface area contributed by atoms with Crippen LogP contribution < -0.4 is 4.90 Å². The molecule has 0 aliphatic rings. The highest BCUT2D eigenvalue weighted by Gasteiger charge is 2.18. The Balaban J connectivity index is 2.98. The van der Waals surface area contributed by atoms with Crippen LogP contribution in [-0.4, -0.2) is 22.6 Å². The third kappa shape index (κ3) is 3.80. The van der Waals surface area contributed by atoms with Gasteiger partial charge in [-0.25, -0.2) is 9.37 Å². The van der Waals surface area contributed by atoms with E-state index in [0.717, 1.165) is 32.0 Å². The molecule has 96 valence electrons. The molecule has 0 saturated heterocycles. The lowest BCUT2D eigenvalue weighted by Crippen LogP contribution is -2.35. The van der Waals surface area contributed by atoms with Crippen molar-refractivity contribution in [1.82, 2.24) is 9.97 Å². The molecular formula is C12H19ClFN3. The standard InChI is InChI=1S/C12H19ClFN3/c1-4-6-7-17(9(3)5-2)11-10(14)8-15-12(13)16-11/h8-9H,4-7H2,1-3H3. The number of hydrogen-bond acceptors (Lipinski definition) is 3. The highest BCUT2D eigenvalue weighted by molar-refractivity contribution is 6.28. The fraction of sp³-hybridized carbons (Fsp3) is 0.667. The van der Waals surface area contributed by atoms with Gasteiger partial charge < -0.3 is 4.90 Å². The molecular weight excluding hydrogens is 241 g/mol. The Kier molecular flexibility index (Phi) is 5.62. The summed E-state index contributed by atoms with van der Waals surface area (Å²) in [5, 5.41) is 0.0891. The number of hydrogen-bond donors (Lipinski definition) is 0. The Morgan fingerprint density at radius 1 is 1.47 bits per heavy atom. The normalized spacial score (nSPS) is 12.5. The van der Waals surface area contributed by atoms with Crippen LogP contribution in [0.1, 0.15) is 40.0 Å². The first-order chi connectivity index (χ1) is 8.10. The van der Waals surface area contributed by atoms with Gasteiger partial charge in [0.1, 0.15) is 0 Å². The van der Waals surface area contributed by atoms with Crippen molar-refractivity contribution >= 4 is 17.4 Å². The molecule has 0 amide bonds. The maximum Gasteiger partial charge on any atom is 0.224 e. The van der Waals surface area contributed by atoms with E-state index in [1.807, 2.05) is 4.90 Å². The summed E-state index contributed by atoms with van der Waals surface area (Å²) in [7, 11) is 0. The number of aromatic nitrogens is 2. The lowest BCUT2D eigenvalue weighted by molar-refractivity contribution is 0.552. The molecule has 0 radical (unpaired) electrons. The fourth-order valence-corrected chi connectivity index (χ4v) is 1.75. The number of nitrogens with zero attached hydrogens (tertiary/aromatic N) is 3. The monoisotopic (exact) mass is 259 g/mol. The number of unbranched alkanes of at least 4 members (excludes halogenated alkanes) is 1. The Hall–Kier alpha value is -0.900. The van der Waals surface area contributed by atoms with Gasteiger partial charge in [-0.3, -0.25) is 0 Å². The molecule has 1 aromatic heterocycles. The quantitative estimate of drug-likeness (QED) is 0.730. The van der Waals surface area contributed by atoms with Crippen molar-refractivity contribution in [3.8, 4) is 0 Å². The molecule has 0 aliphatic carbocycles. The van der Waals surface area contributed by atoms with E-state index in [0.29, 0.717) is 5.82 Å². The van der Waals surface area contributed by atoms with E-state index < -0.39 is 5.82 Å². The zero-order valence-electron chi connectivity index (χ0n) is 10.6. The Morgan fingerprint density at radius 3 is 2.76 bits per heavy atom. The van der Waals surface area contributed by atoms with Crippen molar-refractivity contribution in [2.75, 3.05) is 11.4 Å². The molecule has 3 nitrogen and oxygen atoms in total. The van der Waals surface area contributed by atoms with Gasteiger partial charge in [0.2, 0.25) is 5.28 Å². The van der Waals surface area contributed by atoms with Crippen molar-refractivity contribution in [2.45, 2.75) is 46.1 Å². The van der Waals surface area contributed by atoms with Crippen LogP contribution in [0.15, 0.2) is 6.20 Å². The first-order valence-electron chi connectivity index (χ1n) is 6.04. The summed E-state index contributed by atoms with van der Waals surface area (Å²) in [5.74, 6) is -0.0985. The Labute approximate surface area is 107 Å². The van der Waals surface area contributed by atoms with Crippen LogP contribution in [0.3, 0.4) is 0 Å². The van der Waals surface area contributed by atoms with Crippen LogP contribution in [0.5, 0.6) is 0 Å². The highest BCUT2D eigenvalue weighted by atomic mass is 35.5. The van der Waals surface area contributed by atoms with Crippen LogP contribution >= 0.6 is 11.6 Å². The number of rotatable bonds is 6. The molecule has 0 aromatic carbocycles. The van der Waals surface area contributed by atoms with E-state index >= 15 is 0 Å². The molecule has 5 heteroatoms. The highest BCUT2D eigenvalue weighted by Crippen LogP contribution is 2.21. The van der Waals surface area contributed by atoms with Gasteiger partial charge in [-0.1, -0.05) is 20.3 Å². The van der Waals surface area contributed by atoms with Crippen LogP contribution in [0, 0.1) is 5.82 Å². The minimum absolute atomic E-state index is 0.0891. The zero-order valence-corrected chi connectivity index (χ0v) is 11.3. The maximum absolute atomic E-state index is 13.7. The lowest BCUT2D eigenvalue weighted by Gasteiger charge is -2.29. The van der Waals surface area contributed by atoms with Crippen LogP contribution in [0.25, 0.3) is 0 Å². The average molecular weight is 260 g/mol. The summed E-state index contributed by atoms with van der Waals surface area (Å²) < 4.78 is 13.7. The third-order valence-corrected chi connectivity index (χ3v) is 3.03. The van der Waals surface area contributed by atoms with Gasteiger partial charge >= 0.3 is 0 Å². The summed E-state index contributed by atoms with van der Waals surface area (Å²) in [6.07, 6.45) is 4.13. The molecule has 1 atom stereocenters. The van der Waals surface area contributed by atoms with Crippen molar-refractivity contribution in [1.29, 1.82) is 0 Å². The third-order valence-electron chi connectivity index (χ3n) is 2.84. The molecule has 0 spiro atoms. The molecule has 0 bridgehead atoms. The molecule has 1 unspecified atom stereocenters. The zero-order chi connectivity index (χ0) is 12.8. The van der Waals surface area contributed by atoms with Crippen LogP contribution in [-0.2, 0) is 0 Å². The summed E-state index contributed by atoms with van der Waals surface area (Å²) in [5.41, 5.74) is 0. The molecule has 1 aromatic rings. The van der Waals surface area contributed by atoms with Gasteiger partial charge in [-0.05, 0) is 31.4 Å². The van der Waals surface area contributed by atoms with Gasteiger partial charge in [0, 0.05) is 12.6 Å². The van der Waals surface area contributed by atoms with Gasteiger partial charge in [0.15, 0.2) is 11.6 Å². The van der Waals surface area contributed by atoms with E-state index in [-0.39, 0.29) is 11.3 Å².